The van der Waals surface area contributed by atoms with Crippen molar-refractivity contribution < 1.29 is 5.11 Å². The van der Waals surface area contributed by atoms with Crippen molar-refractivity contribution in [2.75, 3.05) is 0 Å². The van der Waals surface area contributed by atoms with Crippen LogP contribution in [0.1, 0.15) is 22.9 Å². The minimum atomic E-state index is -0.172. The molecule has 0 radical (unpaired) electrons. The maximum Gasteiger partial charge on any atom is 0.310 e. The number of aliphatic imine (C=N–C) groups is 1. The second-order valence-electron chi connectivity index (χ2n) is 6.04. The molecule has 130 valence electrons. The first-order valence-corrected chi connectivity index (χ1v) is 9.96. The summed E-state index contributed by atoms with van der Waals surface area (Å²) in [5.41, 5.74) is 4.74. The number of fused-ring (bicyclic) bond motifs is 1. The van der Waals surface area contributed by atoms with Crippen molar-refractivity contribution in [3.8, 4) is 5.88 Å². The predicted molar refractivity (Wildman–Crippen MR) is 116 cm³/mol. The fourth-order valence-corrected chi connectivity index (χ4v) is 4.16. The zero-order valence-electron chi connectivity index (χ0n) is 13.9. The fraction of sp³-hybridized carbons (Fsp3) is 0.100. The Bertz CT molecular complexity index is 1110. The highest BCUT2D eigenvalue weighted by atomic mass is 127. The summed E-state index contributed by atoms with van der Waals surface area (Å²) in [7, 11) is 0. The van der Waals surface area contributed by atoms with Gasteiger partial charge in [0.2, 0.25) is 5.88 Å². The van der Waals surface area contributed by atoms with Gasteiger partial charge in [-0.3, -0.25) is 14.4 Å². The summed E-state index contributed by atoms with van der Waals surface area (Å²) in [5.74, 6) is 0.00299. The van der Waals surface area contributed by atoms with Crippen LogP contribution in [0, 0.1) is 3.57 Å². The third kappa shape index (κ3) is 3.14. The lowest BCUT2D eigenvalue weighted by molar-refractivity contribution is 0.420. The summed E-state index contributed by atoms with van der Waals surface area (Å²) in [6, 6.07) is 15.8. The van der Waals surface area contributed by atoms with Gasteiger partial charge in [-0.2, -0.15) is 0 Å². The second-order valence-corrected chi connectivity index (χ2v) is 8.28. The molecular weight excluding hydrogens is 459 g/mol. The monoisotopic (exact) mass is 474 g/mol. The van der Waals surface area contributed by atoms with Gasteiger partial charge in [0, 0.05) is 20.4 Å². The van der Waals surface area contributed by atoms with Crippen LogP contribution in [0.25, 0.3) is 11.6 Å². The molecule has 0 atom stereocenters. The van der Waals surface area contributed by atoms with E-state index in [1.54, 1.807) is 0 Å². The van der Waals surface area contributed by atoms with Crippen molar-refractivity contribution in [2.45, 2.75) is 13.5 Å². The summed E-state index contributed by atoms with van der Waals surface area (Å²) in [4.78, 5) is 17.3. The molecule has 1 N–H and O–H groups in total. The Hall–Kier alpha value is -2.19. The zero-order valence-corrected chi connectivity index (χ0v) is 16.9. The smallest absolute Gasteiger partial charge is 0.310 e. The van der Waals surface area contributed by atoms with Gasteiger partial charge >= 0.3 is 4.87 Å². The van der Waals surface area contributed by atoms with Crippen molar-refractivity contribution >= 4 is 57.0 Å². The second kappa shape index (κ2) is 6.85. The third-order valence-electron chi connectivity index (χ3n) is 4.30. The molecule has 1 aromatic heterocycles. The van der Waals surface area contributed by atoms with Crippen LogP contribution in [0.5, 0.6) is 5.88 Å². The lowest BCUT2D eigenvalue weighted by atomic mass is 10.0. The van der Waals surface area contributed by atoms with E-state index >= 15 is 0 Å². The first-order chi connectivity index (χ1) is 12.5. The number of benzene rings is 2. The van der Waals surface area contributed by atoms with Crippen LogP contribution in [0.2, 0.25) is 0 Å². The van der Waals surface area contributed by atoms with E-state index in [4.69, 9.17) is 0 Å². The number of aromatic hydroxyl groups is 1. The molecule has 4 rings (SSSR count). The topological polar surface area (TPSA) is 54.6 Å². The Balaban J connectivity index is 1.72. The summed E-state index contributed by atoms with van der Waals surface area (Å²) >= 11 is 3.29. The number of allylic oxidation sites excluding steroid dienone is 1. The molecule has 1 aliphatic heterocycles. The summed E-state index contributed by atoms with van der Waals surface area (Å²) < 4.78 is 2.54. The van der Waals surface area contributed by atoms with Crippen molar-refractivity contribution in [2.24, 2.45) is 4.99 Å². The first kappa shape index (κ1) is 17.2. The highest BCUT2D eigenvalue weighted by Crippen LogP contribution is 2.37. The Morgan fingerprint density at radius 1 is 1.19 bits per heavy atom. The molecule has 2 heterocycles. The normalized spacial score (nSPS) is 14.5. The number of thiazole rings is 1. The molecule has 0 saturated carbocycles. The SMILES string of the molecule is CC1=Nc2ccccc2C1=Cc1sc(=O)n(Cc2ccc(I)cc2)c1O. The van der Waals surface area contributed by atoms with E-state index in [0.717, 1.165) is 43.0 Å². The van der Waals surface area contributed by atoms with Crippen LogP contribution >= 0.6 is 33.9 Å². The van der Waals surface area contributed by atoms with E-state index in [-0.39, 0.29) is 10.8 Å². The Kier molecular flexibility index (Phi) is 4.54. The first-order valence-electron chi connectivity index (χ1n) is 8.07. The van der Waals surface area contributed by atoms with Gasteiger partial charge in [-0.25, -0.2) is 0 Å². The van der Waals surface area contributed by atoms with Gasteiger partial charge in [0.1, 0.15) is 0 Å². The molecule has 6 heteroatoms. The maximum absolute atomic E-state index is 12.4. The number of halogens is 1. The Labute approximate surface area is 168 Å². The molecule has 0 saturated heterocycles. The molecule has 1 aliphatic rings. The third-order valence-corrected chi connectivity index (χ3v) is 5.93. The van der Waals surface area contributed by atoms with E-state index in [9.17, 15) is 9.90 Å². The Morgan fingerprint density at radius 3 is 2.69 bits per heavy atom. The van der Waals surface area contributed by atoms with Crippen molar-refractivity contribution in [3.05, 3.63) is 77.8 Å². The largest absolute Gasteiger partial charge is 0.493 e. The van der Waals surface area contributed by atoms with Gasteiger partial charge in [-0.1, -0.05) is 41.7 Å². The van der Waals surface area contributed by atoms with E-state index in [1.807, 2.05) is 61.5 Å². The molecule has 0 bridgehead atoms. The minimum Gasteiger partial charge on any atom is -0.493 e. The number of hydrogen-bond acceptors (Lipinski definition) is 4. The van der Waals surface area contributed by atoms with Gasteiger partial charge in [0.05, 0.1) is 17.1 Å². The fourth-order valence-electron chi connectivity index (χ4n) is 2.97. The minimum absolute atomic E-state index is 0.00299. The van der Waals surface area contributed by atoms with Crippen LogP contribution in [0.4, 0.5) is 5.69 Å². The van der Waals surface area contributed by atoms with Crippen molar-refractivity contribution in [1.82, 2.24) is 4.57 Å². The molecule has 0 unspecified atom stereocenters. The highest BCUT2D eigenvalue weighted by Gasteiger charge is 2.20. The van der Waals surface area contributed by atoms with Crippen molar-refractivity contribution in [3.63, 3.8) is 0 Å². The van der Waals surface area contributed by atoms with E-state index in [1.165, 1.54) is 4.57 Å². The molecule has 26 heavy (non-hydrogen) atoms. The molecule has 0 fully saturated rings. The summed E-state index contributed by atoms with van der Waals surface area (Å²) in [6.07, 6.45) is 1.86. The lowest BCUT2D eigenvalue weighted by Gasteiger charge is -2.05. The average Bonchev–Trinajstić information content (AvgIpc) is 3.08. The number of rotatable bonds is 3. The maximum atomic E-state index is 12.4. The van der Waals surface area contributed by atoms with Crippen LogP contribution in [-0.4, -0.2) is 15.4 Å². The Morgan fingerprint density at radius 2 is 1.92 bits per heavy atom. The number of nitrogens with zero attached hydrogens (tertiary/aromatic N) is 2. The van der Waals surface area contributed by atoms with Crippen molar-refractivity contribution in [1.29, 1.82) is 0 Å². The van der Waals surface area contributed by atoms with Gasteiger partial charge in [-0.05, 0) is 59.4 Å². The number of aromatic nitrogens is 1. The number of hydrogen-bond donors (Lipinski definition) is 1. The van der Waals surface area contributed by atoms with E-state index in [2.05, 4.69) is 27.6 Å². The zero-order chi connectivity index (χ0) is 18.3. The van der Waals surface area contributed by atoms with Gasteiger partial charge in [-0.15, -0.1) is 0 Å². The van der Waals surface area contributed by atoms with Crippen LogP contribution in [0.15, 0.2) is 58.3 Å². The van der Waals surface area contributed by atoms with Crippen LogP contribution in [-0.2, 0) is 6.54 Å². The quantitative estimate of drug-likeness (QED) is 0.549. The molecule has 0 spiro atoms. The van der Waals surface area contributed by atoms with E-state index in [0.29, 0.717) is 11.4 Å². The van der Waals surface area contributed by atoms with E-state index < -0.39 is 0 Å². The molecule has 2 aromatic carbocycles. The molecule has 0 aliphatic carbocycles. The molecule has 4 nitrogen and oxygen atoms in total. The van der Waals surface area contributed by atoms with Crippen LogP contribution < -0.4 is 4.87 Å². The summed E-state index contributed by atoms with van der Waals surface area (Å²) in [5, 5.41) is 10.6. The predicted octanol–water partition coefficient (Wildman–Crippen LogP) is 4.91. The highest BCUT2D eigenvalue weighted by molar-refractivity contribution is 14.1. The molecule has 3 aromatic rings. The van der Waals surface area contributed by atoms with Gasteiger partial charge in [0.15, 0.2) is 0 Å². The lowest BCUT2D eigenvalue weighted by Crippen LogP contribution is -2.13. The van der Waals surface area contributed by atoms with Crippen LogP contribution in [0.3, 0.4) is 0 Å². The standard InChI is InChI=1S/C20H15IN2O2S/c1-12-16(15-4-2-3-5-17(15)22-12)10-18-19(24)23(20(25)26-18)11-13-6-8-14(21)9-7-13/h2-10,24H,11H2,1H3. The van der Waals surface area contributed by atoms with Gasteiger partial charge < -0.3 is 5.11 Å². The number of para-hydroxylation sites is 1. The average molecular weight is 474 g/mol. The molecular formula is C20H15IN2O2S. The van der Waals surface area contributed by atoms with Gasteiger partial charge in [0.25, 0.3) is 0 Å². The molecule has 0 amide bonds. The summed E-state index contributed by atoms with van der Waals surface area (Å²) in [6.45, 7) is 2.29.